The molecule has 2 rings (SSSR count). The van der Waals surface area contributed by atoms with Crippen LogP contribution in [0.2, 0.25) is 0 Å². The minimum atomic E-state index is -0.954. The van der Waals surface area contributed by atoms with Gasteiger partial charge in [0.2, 0.25) is 0 Å². The fraction of sp³-hybridized carbons (Fsp3) is 0.0769. The van der Waals surface area contributed by atoms with Crippen LogP contribution in [-0.4, -0.2) is 0 Å². The molecule has 0 radical (unpaired) electrons. The molecule has 0 atom stereocenters. The van der Waals surface area contributed by atoms with Crippen molar-refractivity contribution < 1.29 is 8.78 Å². The first-order valence-corrected chi connectivity index (χ1v) is 6.09. The normalized spacial score (nSPS) is 10.4. The maximum absolute atomic E-state index is 13.5. The zero-order valence-electron chi connectivity index (χ0n) is 9.38. The number of nitrogens with one attached hydrogen (secondary N) is 1. The highest BCUT2D eigenvalue weighted by atomic mass is 79.9. The molecule has 0 aliphatic rings. The summed E-state index contributed by atoms with van der Waals surface area (Å²) in [5.74, 6) is -1.87. The van der Waals surface area contributed by atoms with Crippen molar-refractivity contribution in [3.05, 3.63) is 58.1 Å². The van der Waals surface area contributed by atoms with Crippen LogP contribution in [0.1, 0.15) is 5.56 Å². The van der Waals surface area contributed by atoms with Gasteiger partial charge in [0.1, 0.15) is 0 Å². The Balaban J connectivity index is 2.18. The summed E-state index contributed by atoms with van der Waals surface area (Å²) in [6.45, 7) is 0.365. The van der Waals surface area contributed by atoms with Gasteiger partial charge in [0.15, 0.2) is 11.6 Å². The first-order chi connectivity index (χ1) is 8.58. The summed E-state index contributed by atoms with van der Waals surface area (Å²) in [6.07, 6.45) is 0. The second-order valence-electron chi connectivity index (χ2n) is 3.81. The van der Waals surface area contributed by atoms with Crippen LogP contribution in [0.3, 0.4) is 0 Å². The van der Waals surface area contributed by atoms with E-state index in [2.05, 4.69) is 21.2 Å². The van der Waals surface area contributed by atoms with Gasteiger partial charge in [-0.05, 0) is 29.8 Å². The molecule has 18 heavy (non-hydrogen) atoms. The van der Waals surface area contributed by atoms with Crippen molar-refractivity contribution in [1.29, 1.82) is 0 Å². The molecule has 0 bridgehead atoms. The van der Waals surface area contributed by atoms with Crippen LogP contribution >= 0.6 is 15.9 Å². The number of halogens is 3. The van der Waals surface area contributed by atoms with E-state index in [1.54, 1.807) is 0 Å². The highest BCUT2D eigenvalue weighted by Crippen LogP contribution is 2.25. The topological polar surface area (TPSA) is 38.0 Å². The summed E-state index contributed by atoms with van der Waals surface area (Å²) in [7, 11) is 0. The zero-order valence-corrected chi connectivity index (χ0v) is 11.0. The molecule has 94 valence electrons. The summed E-state index contributed by atoms with van der Waals surface area (Å²) in [4.78, 5) is 0. The van der Waals surface area contributed by atoms with Gasteiger partial charge in [0.25, 0.3) is 0 Å². The van der Waals surface area contributed by atoms with Crippen molar-refractivity contribution in [2.75, 3.05) is 11.1 Å². The van der Waals surface area contributed by atoms with E-state index in [1.807, 2.05) is 24.3 Å². The number of anilines is 2. The minimum absolute atomic E-state index is 0.00465. The number of hydrogen-bond donors (Lipinski definition) is 2. The Morgan fingerprint density at radius 2 is 1.94 bits per heavy atom. The third-order valence-electron chi connectivity index (χ3n) is 2.49. The fourth-order valence-corrected chi connectivity index (χ4v) is 2.03. The van der Waals surface area contributed by atoms with Crippen LogP contribution in [0.15, 0.2) is 40.9 Å². The molecule has 0 aliphatic heterocycles. The maximum Gasteiger partial charge on any atom is 0.183 e. The third kappa shape index (κ3) is 2.79. The maximum atomic E-state index is 13.5. The average Bonchev–Trinajstić information content (AvgIpc) is 2.34. The molecule has 0 unspecified atom stereocenters. The summed E-state index contributed by atoms with van der Waals surface area (Å²) in [6, 6.07) is 9.87. The largest absolute Gasteiger partial charge is 0.397 e. The van der Waals surface area contributed by atoms with Crippen LogP contribution in [-0.2, 0) is 6.54 Å². The summed E-state index contributed by atoms with van der Waals surface area (Å²) in [5.41, 5.74) is 6.72. The van der Waals surface area contributed by atoms with Crippen LogP contribution in [0.4, 0.5) is 20.2 Å². The van der Waals surface area contributed by atoms with E-state index < -0.39 is 11.6 Å². The van der Waals surface area contributed by atoms with Crippen LogP contribution in [0.5, 0.6) is 0 Å². The van der Waals surface area contributed by atoms with E-state index in [4.69, 9.17) is 5.73 Å². The third-order valence-corrected chi connectivity index (χ3v) is 2.98. The predicted molar refractivity (Wildman–Crippen MR) is 72.2 cm³/mol. The Hall–Kier alpha value is -1.62. The van der Waals surface area contributed by atoms with Crippen molar-refractivity contribution in [2.45, 2.75) is 6.54 Å². The first kappa shape index (κ1) is 12.8. The molecule has 0 aromatic heterocycles. The lowest BCUT2D eigenvalue weighted by Gasteiger charge is -2.11. The Morgan fingerprint density at radius 3 is 2.67 bits per heavy atom. The molecular formula is C13H11BrF2N2. The van der Waals surface area contributed by atoms with Gasteiger partial charge >= 0.3 is 0 Å². The van der Waals surface area contributed by atoms with Crippen molar-refractivity contribution in [3.63, 3.8) is 0 Å². The van der Waals surface area contributed by atoms with Gasteiger partial charge in [0, 0.05) is 11.0 Å². The average molecular weight is 313 g/mol. The van der Waals surface area contributed by atoms with Crippen LogP contribution < -0.4 is 11.1 Å². The molecule has 0 fully saturated rings. The second kappa shape index (κ2) is 5.35. The van der Waals surface area contributed by atoms with Gasteiger partial charge in [-0.2, -0.15) is 0 Å². The van der Waals surface area contributed by atoms with Gasteiger partial charge in [0.05, 0.1) is 11.4 Å². The molecule has 0 amide bonds. The summed E-state index contributed by atoms with van der Waals surface area (Å²) >= 11 is 3.34. The minimum Gasteiger partial charge on any atom is -0.397 e. The lowest BCUT2D eigenvalue weighted by atomic mass is 10.2. The number of rotatable bonds is 3. The van der Waals surface area contributed by atoms with Gasteiger partial charge in [-0.3, -0.25) is 0 Å². The van der Waals surface area contributed by atoms with Crippen molar-refractivity contribution >= 4 is 27.3 Å². The van der Waals surface area contributed by atoms with Crippen LogP contribution in [0, 0.1) is 11.6 Å². The van der Waals surface area contributed by atoms with Crippen molar-refractivity contribution in [2.24, 2.45) is 0 Å². The second-order valence-corrected chi connectivity index (χ2v) is 4.72. The molecule has 2 aromatic carbocycles. The smallest absolute Gasteiger partial charge is 0.183 e. The quantitative estimate of drug-likeness (QED) is 0.843. The Kier molecular flexibility index (Phi) is 3.81. The summed E-state index contributed by atoms with van der Waals surface area (Å²) in [5, 5.41) is 2.80. The molecule has 2 aromatic rings. The van der Waals surface area contributed by atoms with Crippen molar-refractivity contribution in [1.82, 2.24) is 0 Å². The van der Waals surface area contributed by atoms with E-state index in [0.29, 0.717) is 6.54 Å². The Labute approximate surface area is 112 Å². The Bertz CT molecular complexity index is 573. The van der Waals surface area contributed by atoms with Gasteiger partial charge < -0.3 is 11.1 Å². The van der Waals surface area contributed by atoms with Crippen LogP contribution in [0.25, 0.3) is 0 Å². The Morgan fingerprint density at radius 1 is 1.17 bits per heavy atom. The van der Waals surface area contributed by atoms with Gasteiger partial charge in [-0.15, -0.1) is 0 Å². The first-order valence-electron chi connectivity index (χ1n) is 5.29. The van der Waals surface area contributed by atoms with Gasteiger partial charge in [-0.25, -0.2) is 8.78 Å². The number of nitrogen functional groups attached to an aromatic ring is 1. The van der Waals surface area contributed by atoms with E-state index in [9.17, 15) is 8.78 Å². The number of hydrogen-bond acceptors (Lipinski definition) is 2. The lowest BCUT2D eigenvalue weighted by Crippen LogP contribution is -2.06. The summed E-state index contributed by atoms with van der Waals surface area (Å²) < 4.78 is 27.5. The van der Waals surface area contributed by atoms with E-state index >= 15 is 0 Å². The molecule has 0 spiro atoms. The molecule has 2 nitrogen and oxygen atoms in total. The number of benzene rings is 2. The standard InChI is InChI=1S/C13H11BrF2N2/c14-9-3-1-2-8(6-9)7-18-13-11(17)5-4-10(15)12(13)16/h1-6,18H,7,17H2. The van der Waals surface area contributed by atoms with Crippen molar-refractivity contribution in [3.8, 4) is 0 Å². The molecule has 3 N–H and O–H groups in total. The molecule has 0 heterocycles. The highest BCUT2D eigenvalue weighted by Gasteiger charge is 2.11. The van der Waals surface area contributed by atoms with Gasteiger partial charge in [-0.1, -0.05) is 28.1 Å². The molecular weight excluding hydrogens is 302 g/mol. The number of nitrogens with two attached hydrogens (primary N) is 1. The molecule has 0 saturated heterocycles. The predicted octanol–water partition coefficient (Wildman–Crippen LogP) is 3.92. The lowest BCUT2D eigenvalue weighted by molar-refractivity contribution is 0.511. The monoisotopic (exact) mass is 312 g/mol. The van der Waals surface area contributed by atoms with E-state index in [1.165, 1.54) is 6.07 Å². The fourth-order valence-electron chi connectivity index (χ4n) is 1.58. The highest BCUT2D eigenvalue weighted by molar-refractivity contribution is 9.10. The van der Waals surface area contributed by atoms with E-state index in [-0.39, 0.29) is 11.4 Å². The molecule has 5 heteroatoms. The van der Waals surface area contributed by atoms with E-state index in [0.717, 1.165) is 16.1 Å². The zero-order chi connectivity index (χ0) is 13.1. The SMILES string of the molecule is Nc1ccc(F)c(F)c1NCc1cccc(Br)c1. The molecule has 0 aliphatic carbocycles. The molecule has 0 saturated carbocycles.